The molecule has 2 aliphatic rings. The number of para-hydroxylation sites is 3. The van der Waals surface area contributed by atoms with Crippen LogP contribution in [0.3, 0.4) is 0 Å². The highest BCUT2D eigenvalue weighted by molar-refractivity contribution is 5.96. The van der Waals surface area contributed by atoms with E-state index in [-0.39, 0.29) is 28.5 Å². The molecule has 0 amide bonds. The highest BCUT2D eigenvalue weighted by Gasteiger charge is 2.34. The maximum Gasteiger partial charge on any atom is 0.200 e. The predicted molar refractivity (Wildman–Crippen MR) is 191 cm³/mol. The van der Waals surface area contributed by atoms with E-state index in [0.717, 1.165) is 50.8 Å². The molecule has 5 nitrogen and oxygen atoms in total. The number of fused-ring (bicyclic) bond motifs is 6. The molecule has 1 aromatic heterocycles. The number of hydrogen-bond donors (Lipinski definition) is 0. The van der Waals surface area contributed by atoms with Gasteiger partial charge in [-0.05, 0) is 100 Å². The lowest BCUT2D eigenvalue weighted by atomic mass is 9.97. The molecule has 0 spiro atoms. The highest BCUT2D eigenvalue weighted by Crippen LogP contribution is 2.59. The van der Waals surface area contributed by atoms with Crippen LogP contribution in [0, 0.1) is 0 Å². The molecule has 48 heavy (non-hydrogen) atoms. The Morgan fingerprint density at radius 2 is 1.04 bits per heavy atom. The van der Waals surface area contributed by atoms with Gasteiger partial charge in [0.1, 0.15) is 16.9 Å². The number of nitrogens with zero attached hydrogens (tertiary/aromatic N) is 1. The van der Waals surface area contributed by atoms with Crippen molar-refractivity contribution in [1.82, 2.24) is 0 Å². The van der Waals surface area contributed by atoms with Crippen molar-refractivity contribution in [2.45, 2.75) is 0 Å². The van der Waals surface area contributed by atoms with E-state index in [0.29, 0.717) is 33.6 Å². The van der Waals surface area contributed by atoms with Crippen LogP contribution in [-0.2, 0) is 0 Å². The molecule has 0 N–H and O–H groups in total. The van der Waals surface area contributed by atoms with Crippen molar-refractivity contribution in [3.05, 3.63) is 162 Å². The molecular weight excluding hydrogens is 594 g/mol. The molecular formula is C43H25NO4. The van der Waals surface area contributed by atoms with Crippen LogP contribution in [0.15, 0.2) is 161 Å². The van der Waals surface area contributed by atoms with Gasteiger partial charge in [0, 0.05) is 0 Å². The molecule has 0 unspecified atom stereocenters. The molecule has 5 heteroatoms. The van der Waals surface area contributed by atoms with Gasteiger partial charge in [-0.3, -0.25) is 9.69 Å². The van der Waals surface area contributed by atoms with E-state index >= 15 is 0 Å². The van der Waals surface area contributed by atoms with Gasteiger partial charge in [-0.2, -0.15) is 0 Å². The van der Waals surface area contributed by atoms with Crippen LogP contribution < -0.4 is 19.8 Å². The summed E-state index contributed by atoms with van der Waals surface area (Å²) in [6.07, 6.45) is 0. The first kappa shape index (κ1) is 22.0. The monoisotopic (exact) mass is 624 g/mol. The lowest BCUT2D eigenvalue weighted by Crippen LogP contribution is -2.20. The standard InChI is InChI=1S/C43H25NO4/c45-43-32-23-29(26-8-2-1-3-9-26)17-20-36(32)46-37-21-18-30(24-33(37)43)27-10-6-11-28(22-27)31-16-19-35-41(25-31)48-40-15-7-14-39-42(40)44(35)34-12-4-5-13-38(34)47-39/h1-25H/i1D,2D,3D,8D,9D. The predicted octanol–water partition coefficient (Wildman–Crippen LogP) is 11.6. The Morgan fingerprint density at radius 3 is 1.79 bits per heavy atom. The molecule has 2 aliphatic heterocycles. The topological polar surface area (TPSA) is 51.9 Å². The van der Waals surface area contributed by atoms with E-state index < -0.39 is 18.1 Å². The van der Waals surface area contributed by atoms with E-state index in [1.54, 1.807) is 24.3 Å². The number of rotatable bonds is 3. The van der Waals surface area contributed by atoms with Crippen molar-refractivity contribution < 1.29 is 20.7 Å². The number of hydrogen-bond acceptors (Lipinski definition) is 5. The van der Waals surface area contributed by atoms with Gasteiger partial charge in [-0.1, -0.05) is 84.8 Å². The molecule has 0 saturated carbocycles. The van der Waals surface area contributed by atoms with Crippen molar-refractivity contribution in [3.8, 4) is 56.4 Å². The van der Waals surface area contributed by atoms with Gasteiger partial charge in [-0.25, -0.2) is 0 Å². The molecule has 10 rings (SSSR count). The van der Waals surface area contributed by atoms with Gasteiger partial charge in [-0.15, -0.1) is 0 Å². The normalized spacial score (nSPS) is 14.0. The Kier molecular flexibility index (Phi) is 4.68. The zero-order valence-corrected chi connectivity index (χ0v) is 25.1. The maximum absolute atomic E-state index is 14.0. The van der Waals surface area contributed by atoms with Crippen molar-refractivity contribution in [1.29, 1.82) is 0 Å². The van der Waals surface area contributed by atoms with Crippen LogP contribution in [0.25, 0.3) is 55.3 Å². The second-order valence-corrected chi connectivity index (χ2v) is 11.7. The third-order valence-corrected chi connectivity index (χ3v) is 8.92. The lowest BCUT2D eigenvalue weighted by molar-refractivity contribution is 0.446. The molecule has 0 radical (unpaired) electrons. The molecule has 226 valence electrons. The van der Waals surface area contributed by atoms with Gasteiger partial charge in [0.25, 0.3) is 0 Å². The Labute approximate surface area is 282 Å². The van der Waals surface area contributed by atoms with Crippen LogP contribution in [-0.4, -0.2) is 0 Å². The molecule has 0 fully saturated rings. The summed E-state index contributed by atoms with van der Waals surface area (Å²) >= 11 is 0. The Balaban J connectivity index is 1.04. The van der Waals surface area contributed by atoms with E-state index in [1.165, 1.54) is 6.07 Å². The zero-order valence-electron chi connectivity index (χ0n) is 30.1. The van der Waals surface area contributed by atoms with Gasteiger partial charge < -0.3 is 13.9 Å². The molecule has 0 bridgehead atoms. The van der Waals surface area contributed by atoms with Crippen molar-refractivity contribution >= 4 is 39.0 Å². The van der Waals surface area contributed by atoms with E-state index in [9.17, 15) is 4.79 Å². The summed E-state index contributed by atoms with van der Waals surface area (Å²) in [5.74, 6) is 2.93. The molecule has 0 atom stereocenters. The summed E-state index contributed by atoms with van der Waals surface area (Å²) in [5, 5.41) is 0.614. The molecule has 0 aliphatic carbocycles. The van der Waals surface area contributed by atoms with Crippen LogP contribution in [0.4, 0.5) is 17.1 Å². The SMILES string of the molecule is [2H]c1c([2H])c([2H])c(-c2ccc3oc4ccc(-c5cccc(-c6ccc7c(c6)Oc6cccc8c6N7c6ccccc6O8)c5)cc4c(=O)c3c2)c([2H])c1[2H]. The fourth-order valence-electron chi connectivity index (χ4n) is 6.65. The van der Waals surface area contributed by atoms with E-state index in [2.05, 4.69) is 23.1 Å². The Morgan fingerprint density at radius 1 is 0.479 bits per heavy atom. The third kappa shape index (κ3) is 4.08. The first-order valence-electron chi connectivity index (χ1n) is 18.0. The Bertz CT molecular complexity index is 2930. The average Bonchev–Trinajstić information content (AvgIpc) is 3.19. The van der Waals surface area contributed by atoms with Crippen LogP contribution in [0.1, 0.15) is 6.85 Å². The van der Waals surface area contributed by atoms with Crippen LogP contribution in [0.5, 0.6) is 23.0 Å². The van der Waals surface area contributed by atoms with Crippen molar-refractivity contribution in [2.75, 3.05) is 4.90 Å². The second kappa shape index (κ2) is 10.2. The molecule has 3 heterocycles. The van der Waals surface area contributed by atoms with Gasteiger partial charge in [0.2, 0.25) is 5.43 Å². The highest BCUT2D eigenvalue weighted by atomic mass is 16.5. The lowest BCUT2D eigenvalue weighted by Gasteiger charge is -2.37. The quantitative estimate of drug-likeness (QED) is 0.183. The first-order valence-corrected chi connectivity index (χ1v) is 15.5. The molecule has 7 aromatic carbocycles. The third-order valence-electron chi connectivity index (χ3n) is 8.92. The minimum absolute atomic E-state index is 0.0271. The van der Waals surface area contributed by atoms with E-state index in [4.69, 9.17) is 20.7 Å². The number of ether oxygens (including phenoxy) is 2. The van der Waals surface area contributed by atoms with Crippen LogP contribution >= 0.6 is 0 Å². The van der Waals surface area contributed by atoms with Gasteiger partial charge in [0.05, 0.1) is 29.0 Å². The summed E-state index contributed by atoms with van der Waals surface area (Å²) < 4.78 is 59.7. The van der Waals surface area contributed by atoms with Gasteiger partial charge >= 0.3 is 0 Å². The zero-order chi connectivity index (χ0) is 36.1. The van der Waals surface area contributed by atoms with Crippen LogP contribution in [0.2, 0.25) is 0 Å². The molecule has 0 saturated heterocycles. The largest absolute Gasteiger partial charge is 0.456 e. The first-order chi connectivity index (χ1) is 25.7. The van der Waals surface area contributed by atoms with Crippen molar-refractivity contribution in [2.24, 2.45) is 0 Å². The summed E-state index contributed by atoms with van der Waals surface area (Å²) in [6, 6.07) is 36.2. The number of benzene rings is 7. The summed E-state index contributed by atoms with van der Waals surface area (Å²) in [7, 11) is 0. The number of anilines is 3. The summed E-state index contributed by atoms with van der Waals surface area (Å²) in [6.45, 7) is 0. The average molecular weight is 625 g/mol. The minimum atomic E-state index is -0.473. The van der Waals surface area contributed by atoms with Gasteiger partial charge in [0.15, 0.2) is 23.0 Å². The minimum Gasteiger partial charge on any atom is -0.456 e. The fraction of sp³-hybridized carbons (Fsp3) is 0. The fourth-order valence-corrected chi connectivity index (χ4v) is 6.65. The summed E-state index contributed by atoms with van der Waals surface area (Å²) in [4.78, 5) is 16.2. The molecule has 8 aromatic rings. The maximum atomic E-state index is 14.0. The van der Waals surface area contributed by atoms with E-state index in [1.807, 2.05) is 72.8 Å². The smallest absolute Gasteiger partial charge is 0.200 e. The summed E-state index contributed by atoms with van der Waals surface area (Å²) in [5.41, 5.74) is 7.17. The second-order valence-electron chi connectivity index (χ2n) is 11.7. The van der Waals surface area contributed by atoms with Crippen molar-refractivity contribution in [3.63, 3.8) is 0 Å². The Hall–Kier alpha value is -6.59.